The molecule has 0 aliphatic heterocycles. The minimum atomic E-state index is 0.732. The Labute approximate surface area is 114 Å². The first-order valence-electron chi connectivity index (χ1n) is 5.96. The van der Waals surface area contributed by atoms with Gasteiger partial charge in [-0.05, 0) is 54.0 Å². The summed E-state index contributed by atoms with van der Waals surface area (Å²) in [5, 5.41) is 4.55. The summed E-state index contributed by atoms with van der Waals surface area (Å²) in [5.74, 6) is 0.820. The van der Waals surface area contributed by atoms with Crippen LogP contribution >= 0.6 is 31.9 Å². The van der Waals surface area contributed by atoms with Gasteiger partial charge in [0, 0.05) is 11.9 Å². The van der Waals surface area contributed by atoms with Crippen molar-refractivity contribution < 1.29 is 0 Å². The van der Waals surface area contributed by atoms with Crippen molar-refractivity contribution in [2.75, 3.05) is 0 Å². The van der Waals surface area contributed by atoms with Crippen LogP contribution in [0.3, 0.4) is 0 Å². The zero-order valence-corrected chi connectivity index (χ0v) is 13.0. The van der Waals surface area contributed by atoms with E-state index < -0.39 is 0 Å². The number of halogens is 2. The molecule has 1 aliphatic carbocycles. The molecule has 0 aromatic carbocycles. The van der Waals surface area contributed by atoms with E-state index in [9.17, 15) is 0 Å². The molecular weight excluding hydrogens is 332 g/mol. The summed E-state index contributed by atoms with van der Waals surface area (Å²) in [5.41, 5.74) is 2.55. The Bertz CT molecular complexity index is 373. The summed E-state index contributed by atoms with van der Waals surface area (Å²) in [6, 6.07) is 0. The molecule has 2 atom stereocenters. The fraction of sp³-hybridized carbons (Fsp3) is 0.750. The van der Waals surface area contributed by atoms with E-state index in [1.165, 1.54) is 35.1 Å². The predicted octanol–water partition coefficient (Wildman–Crippen LogP) is 3.85. The van der Waals surface area contributed by atoms with Crippen LogP contribution in [0.2, 0.25) is 0 Å². The Hall–Kier alpha value is 0.170. The van der Waals surface area contributed by atoms with Gasteiger partial charge in [-0.2, -0.15) is 5.10 Å². The van der Waals surface area contributed by atoms with E-state index in [1.54, 1.807) is 0 Å². The Morgan fingerprint density at radius 3 is 2.69 bits per heavy atom. The lowest BCUT2D eigenvalue weighted by Gasteiger charge is -2.09. The van der Waals surface area contributed by atoms with E-state index in [0.29, 0.717) is 0 Å². The Morgan fingerprint density at radius 2 is 2.19 bits per heavy atom. The van der Waals surface area contributed by atoms with Crippen LogP contribution in [0.5, 0.6) is 0 Å². The average molecular weight is 350 g/mol. The molecule has 1 aliphatic rings. The van der Waals surface area contributed by atoms with Crippen molar-refractivity contribution in [3.05, 3.63) is 15.9 Å². The van der Waals surface area contributed by atoms with Gasteiger partial charge in [-0.25, -0.2) is 0 Å². The second kappa shape index (κ2) is 5.21. The Balaban J connectivity index is 2.12. The molecule has 2 nitrogen and oxygen atoms in total. The largest absolute Gasteiger partial charge is 0.271 e. The lowest BCUT2D eigenvalue weighted by atomic mass is 10.0. The van der Waals surface area contributed by atoms with Gasteiger partial charge in [0.1, 0.15) is 0 Å². The van der Waals surface area contributed by atoms with E-state index in [1.807, 2.05) is 4.68 Å². The number of aryl methyl sites for hydroxylation is 2. The molecule has 1 aromatic heterocycles. The third-order valence-electron chi connectivity index (χ3n) is 3.46. The van der Waals surface area contributed by atoms with Gasteiger partial charge < -0.3 is 0 Å². The molecule has 1 aromatic rings. The monoisotopic (exact) mass is 348 g/mol. The van der Waals surface area contributed by atoms with Gasteiger partial charge >= 0.3 is 0 Å². The molecule has 0 amide bonds. The minimum Gasteiger partial charge on any atom is -0.271 e. The molecule has 2 rings (SSSR count). The Morgan fingerprint density at radius 1 is 1.44 bits per heavy atom. The molecule has 0 radical (unpaired) electrons. The maximum Gasteiger partial charge on any atom is 0.0766 e. The van der Waals surface area contributed by atoms with E-state index in [2.05, 4.69) is 50.9 Å². The maximum atomic E-state index is 4.55. The van der Waals surface area contributed by atoms with Crippen LogP contribution in [0, 0.1) is 5.92 Å². The first kappa shape index (κ1) is 12.6. The summed E-state index contributed by atoms with van der Waals surface area (Å²) in [4.78, 5) is 0.732. The van der Waals surface area contributed by atoms with Gasteiger partial charge in [-0.3, -0.25) is 4.68 Å². The van der Waals surface area contributed by atoms with Crippen molar-refractivity contribution >= 4 is 31.9 Å². The highest BCUT2D eigenvalue weighted by molar-refractivity contribution is 9.10. The number of hydrogen-bond acceptors (Lipinski definition) is 1. The number of aromatic nitrogens is 2. The van der Waals surface area contributed by atoms with E-state index in [4.69, 9.17) is 0 Å². The highest BCUT2D eigenvalue weighted by Gasteiger charge is 2.25. The summed E-state index contributed by atoms with van der Waals surface area (Å²) in [6.07, 6.45) is 6.13. The summed E-state index contributed by atoms with van der Waals surface area (Å²) in [6.45, 7) is 2.15. The van der Waals surface area contributed by atoms with Crippen molar-refractivity contribution in [3.8, 4) is 0 Å². The van der Waals surface area contributed by atoms with Crippen molar-refractivity contribution in [1.82, 2.24) is 9.78 Å². The van der Waals surface area contributed by atoms with Crippen LogP contribution in [-0.2, 0) is 19.9 Å². The smallest absolute Gasteiger partial charge is 0.0766 e. The summed E-state index contributed by atoms with van der Waals surface area (Å²) >= 11 is 7.40. The van der Waals surface area contributed by atoms with Crippen LogP contribution in [0.25, 0.3) is 0 Å². The van der Waals surface area contributed by atoms with Gasteiger partial charge in [0.2, 0.25) is 0 Å². The molecule has 0 bridgehead atoms. The summed E-state index contributed by atoms with van der Waals surface area (Å²) in [7, 11) is 2.06. The number of hydrogen-bond donors (Lipinski definition) is 0. The maximum absolute atomic E-state index is 4.55. The van der Waals surface area contributed by atoms with Gasteiger partial charge in [0.05, 0.1) is 15.9 Å². The molecular formula is C12H18Br2N2. The predicted molar refractivity (Wildman–Crippen MR) is 74.0 cm³/mol. The molecule has 1 heterocycles. The van der Waals surface area contributed by atoms with Crippen molar-refractivity contribution in [2.24, 2.45) is 13.0 Å². The molecule has 1 saturated carbocycles. The SMILES string of the molecule is CCc1nn(C)c(CC2CCC(Br)C2)c1Br. The van der Waals surface area contributed by atoms with E-state index in [0.717, 1.165) is 23.6 Å². The van der Waals surface area contributed by atoms with Crippen molar-refractivity contribution in [2.45, 2.75) is 43.9 Å². The number of nitrogens with zero attached hydrogens (tertiary/aromatic N) is 2. The molecule has 0 saturated heterocycles. The first-order valence-corrected chi connectivity index (χ1v) is 7.67. The molecule has 4 heteroatoms. The Kier molecular flexibility index (Phi) is 4.11. The normalized spacial score (nSPS) is 25.2. The molecule has 16 heavy (non-hydrogen) atoms. The summed E-state index contributed by atoms with van der Waals surface area (Å²) < 4.78 is 3.28. The van der Waals surface area contributed by atoms with Gasteiger partial charge in [-0.1, -0.05) is 22.9 Å². The highest BCUT2D eigenvalue weighted by Crippen LogP contribution is 2.34. The second-order valence-corrected chi connectivity index (χ2v) is 6.75. The lowest BCUT2D eigenvalue weighted by molar-refractivity contribution is 0.521. The molecule has 0 spiro atoms. The van der Waals surface area contributed by atoms with Crippen LogP contribution in [-0.4, -0.2) is 14.6 Å². The third kappa shape index (κ3) is 2.53. The third-order valence-corrected chi connectivity index (χ3v) is 5.21. The number of alkyl halides is 1. The van der Waals surface area contributed by atoms with Crippen LogP contribution in [0.15, 0.2) is 4.47 Å². The highest BCUT2D eigenvalue weighted by atomic mass is 79.9. The van der Waals surface area contributed by atoms with E-state index >= 15 is 0 Å². The van der Waals surface area contributed by atoms with Crippen LogP contribution < -0.4 is 0 Å². The molecule has 0 N–H and O–H groups in total. The minimum absolute atomic E-state index is 0.732. The fourth-order valence-corrected chi connectivity index (χ4v) is 4.09. The van der Waals surface area contributed by atoms with Gasteiger partial charge in [0.15, 0.2) is 0 Å². The molecule has 2 unspecified atom stereocenters. The lowest BCUT2D eigenvalue weighted by Crippen LogP contribution is -2.06. The zero-order chi connectivity index (χ0) is 11.7. The second-order valence-electron chi connectivity index (χ2n) is 4.67. The van der Waals surface area contributed by atoms with Crippen LogP contribution in [0.1, 0.15) is 37.6 Å². The average Bonchev–Trinajstić information content (AvgIpc) is 2.77. The standard InChI is InChI=1S/C12H18Br2N2/c1-3-10-12(14)11(16(2)15-10)7-8-4-5-9(13)6-8/h8-9H,3-7H2,1-2H3. The fourth-order valence-electron chi connectivity index (χ4n) is 2.51. The van der Waals surface area contributed by atoms with Crippen LogP contribution in [0.4, 0.5) is 0 Å². The molecule has 90 valence electrons. The zero-order valence-electron chi connectivity index (χ0n) is 9.84. The topological polar surface area (TPSA) is 17.8 Å². The van der Waals surface area contributed by atoms with Crippen molar-refractivity contribution in [3.63, 3.8) is 0 Å². The number of rotatable bonds is 3. The van der Waals surface area contributed by atoms with Crippen molar-refractivity contribution in [1.29, 1.82) is 0 Å². The first-order chi connectivity index (χ1) is 7.61. The van der Waals surface area contributed by atoms with Gasteiger partial charge in [0.25, 0.3) is 0 Å². The molecule has 1 fully saturated rings. The van der Waals surface area contributed by atoms with E-state index in [-0.39, 0.29) is 0 Å². The quantitative estimate of drug-likeness (QED) is 0.758. The van der Waals surface area contributed by atoms with Gasteiger partial charge in [-0.15, -0.1) is 0 Å².